The zero-order valence-electron chi connectivity index (χ0n) is 17.4. The number of sulfonamides is 1. The van der Waals surface area contributed by atoms with E-state index in [2.05, 4.69) is 15.3 Å². The van der Waals surface area contributed by atoms with Gasteiger partial charge in [-0.1, -0.05) is 12.1 Å². The van der Waals surface area contributed by atoms with Crippen LogP contribution in [0.4, 0.5) is 5.69 Å². The molecular weight excluding hydrogens is 432 g/mol. The molecule has 0 unspecified atom stereocenters. The van der Waals surface area contributed by atoms with Gasteiger partial charge >= 0.3 is 0 Å². The van der Waals surface area contributed by atoms with E-state index in [1.165, 1.54) is 48.1 Å². The summed E-state index contributed by atoms with van der Waals surface area (Å²) in [5.41, 5.74) is 1.15. The Kier molecular flexibility index (Phi) is 6.06. The average molecular weight is 455 g/mol. The highest BCUT2D eigenvalue weighted by molar-refractivity contribution is 7.89. The number of hydrogen-bond donors (Lipinski definition) is 2. The van der Waals surface area contributed by atoms with E-state index in [0.717, 1.165) is 12.8 Å². The molecule has 0 atom stereocenters. The zero-order chi connectivity index (χ0) is 22.7. The lowest BCUT2D eigenvalue weighted by Crippen LogP contribution is -2.28. The highest BCUT2D eigenvalue weighted by atomic mass is 32.2. The van der Waals surface area contributed by atoms with E-state index in [1.54, 1.807) is 18.2 Å². The molecule has 32 heavy (non-hydrogen) atoms. The summed E-state index contributed by atoms with van der Waals surface area (Å²) in [5, 5.41) is 12.3. The van der Waals surface area contributed by atoms with Crippen molar-refractivity contribution in [3.05, 3.63) is 60.4 Å². The SMILES string of the molecule is COc1ccc(C(=O)Nc2cnc(-c3cccc(O)c3)nc2)cc1S(=O)(=O)N1CCCC1. The molecule has 9 nitrogen and oxygen atoms in total. The van der Waals surface area contributed by atoms with Gasteiger partial charge in [-0.3, -0.25) is 4.79 Å². The number of hydrogen-bond acceptors (Lipinski definition) is 7. The summed E-state index contributed by atoms with van der Waals surface area (Å²) in [7, 11) is -2.37. The molecule has 166 valence electrons. The smallest absolute Gasteiger partial charge is 0.255 e. The third-order valence-electron chi connectivity index (χ3n) is 5.12. The van der Waals surface area contributed by atoms with Crippen LogP contribution in [0.15, 0.2) is 59.8 Å². The lowest BCUT2D eigenvalue weighted by Gasteiger charge is -2.18. The fourth-order valence-corrected chi connectivity index (χ4v) is 5.18. The summed E-state index contributed by atoms with van der Waals surface area (Å²) in [6.07, 6.45) is 4.49. The molecule has 3 aromatic rings. The highest BCUT2D eigenvalue weighted by Crippen LogP contribution is 2.30. The summed E-state index contributed by atoms with van der Waals surface area (Å²) in [5.74, 6) is 0.177. The normalized spacial score (nSPS) is 14.3. The molecule has 2 N–H and O–H groups in total. The first-order valence-electron chi connectivity index (χ1n) is 9.99. The maximum atomic E-state index is 13.0. The quantitative estimate of drug-likeness (QED) is 0.587. The number of methoxy groups -OCH3 is 1. The minimum atomic E-state index is -3.77. The monoisotopic (exact) mass is 454 g/mol. The molecule has 1 aliphatic heterocycles. The van der Waals surface area contributed by atoms with Crippen LogP contribution >= 0.6 is 0 Å². The van der Waals surface area contributed by atoms with Gasteiger partial charge in [-0.25, -0.2) is 18.4 Å². The molecular formula is C22H22N4O5S. The number of phenolic OH excluding ortho intramolecular Hbond substituents is 1. The van der Waals surface area contributed by atoms with Crippen molar-refractivity contribution in [2.75, 3.05) is 25.5 Å². The Hall–Kier alpha value is -3.50. The number of amides is 1. The molecule has 2 aromatic carbocycles. The van der Waals surface area contributed by atoms with Crippen molar-refractivity contribution in [3.8, 4) is 22.9 Å². The van der Waals surface area contributed by atoms with Crippen molar-refractivity contribution in [1.82, 2.24) is 14.3 Å². The second-order valence-corrected chi connectivity index (χ2v) is 9.18. The number of aromatic hydroxyl groups is 1. The summed E-state index contributed by atoms with van der Waals surface area (Å²) < 4.78 is 32.7. The van der Waals surface area contributed by atoms with Crippen LogP contribution in [-0.4, -0.2) is 53.9 Å². The predicted molar refractivity (Wildman–Crippen MR) is 118 cm³/mol. The lowest BCUT2D eigenvalue weighted by atomic mass is 10.2. The van der Waals surface area contributed by atoms with Crippen molar-refractivity contribution in [2.45, 2.75) is 17.7 Å². The first-order chi connectivity index (χ1) is 15.4. The van der Waals surface area contributed by atoms with Crippen molar-refractivity contribution in [1.29, 1.82) is 0 Å². The molecule has 0 saturated carbocycles. The van der Waals surface area contributed by atoms with Gasteiger partial charge in [-0.15, -0.1) is 0 Å². The summed E-state index contributed by atoms with van der Waals surface area (Å²) in [6.45, 7) is 0.898. The van der Waals surface area contributed by atoms with Gasteiger partial charge in [0.1, 0.15) is 16.4 Å². The van der Waals surface area contributed by atoms with Crippen molar-refractivity contribution < 1.29 is 23.1 Å². The fourth-order valence-electron chi connectivity index (χ4n) is 3.48. The first kappa shape index (κ1) is 21.7. The van der Waals surface area contributed by atoms with Gasteiger partial charge in [0, 0.05) is 24.2 Å². The molecule has 0 radical (unpaired) electrons. The van der Waals surface area contributed by atoms with Crippen molar-refractivity contribution in [2.24, 2.45) is 0 Å². The Morgan fingerprint density at radius 1 is 1.09 bits per heavy atom. The van der Waals surface area contributed by atoms with Crippen LogP contribution in [0.1, 0.15) is 23.2 Å². The summed E-state index contributed by atoms with van der Waals surface area (Å²) in [6, 6.07) is 10.8. The van der Waals surface area contributed by atoms with Crippen molar-refractivity contribution in [3.63, 3.8) is 0 Å². The minimum absolute atomic E-state index is 0.0370. The molecule has 1 saturated heterocycles. The van der Waals surface area contributed by atoms with Gasteiger partial charge in [-0.2, -0.15) is 4.31 Å². The number of carbonyl (C=O) groups excluding carboxylic acids is 1. The third-order valence-corrected chi connectivity index (χ3v) is 7.04. The number of nitrogens with one attached hydrogen (secondary N) is 1. The van der Waals surface area contributed by atoms with Crippen LogP contribution in [-0.2, 0) is 10.0 Å². The van der Waals surface area contributed by atoms with Crippen LogP contribution in [0.2, 0.25) is 0 Å². The van der Waals surface area contributed by atoms with E-state index in [4.69, 9.17) is 4.74 Å². The van der Waals surface area contributed by atoms with Crippen LogP contribution in [0.25, 0.3) is 11.4 Å². The van der Waals surface area contributed by atoms with Gasteiger partial charge in [0.2, 0.25) is 10.0 Å². The minimum Gasteiger partial charge on any atom is -0.508 e. The number of nitrogens with zero attached hydrogens (tertiary/aromatic N) is 3. The zero-order valence-corrected chi connectivity index (χ0v) is 18.2. The Balaban J connectivity index is 1.56. The molecule has 10 heteroatoms. The molecule has 0 aliphatic carbocycles. The number of benzene rings is 2. The van der Waals surface area contributed by atoms with Gasteiger partial charge in [0.05, 0.1) is 25.2 Å². The van der Waals surface area contributed by atoms with E-state index in [1.807, 2.05) is 0 Å². The maximum absolute atomic E-state index is 13.0. The van der Waals surface area contributed by atoms with Gasteiger partial charge in [0.25, 0.3) is 5.91 Å². The van der Waals surface area contributed by atoms with Crippen LogP contribution in [0.3, 0.4) is 0 Å². The highest BCUT2D eigenvalue weighted by Gasteiger charge is 2.30. The molecule has 0 bridgehead atoms. The Bertz CT molecular complexity index is 1240. The molecule has 4 rings (SSSR count). The van der Waals surface area contributed by atoms with Gasteiger partial charge < -0.3 is 15.2 Å². The molecule has 1 fully saturated rings. The molecule has 1 aliphatic rings. The van der Waals surface area contributed by atoms with E-state index in [9.17, 15) is 18.3 Å². The maximum Gasteiger partial charge on any atom is 0.255 e. The summed E-state index contributed by atoms with van der Waals surface area (Å²) >= 11 is 0. The number of carbonyl (C=O) groups is 1. The van der Waals surface area contributed by atoms with Crippen LogP contribution in [0, 0.1) is 0 Å². The van der Waals surface area contributed by atoms with Gasteiger partial charge in [-0.05, 0) is 43.2 Å². The number of phenols is 1. The third kappa shape index (κ3) is 4.41. The second kappa shape index (κ2) is 8.93. The topological polar surface area (TPSA) is 122 Å². The van der Waals surface area contributed by atoms with Gasteiger partial charge in [0.15, 0.2) is 5.82 Å². The summed E-state index contributed by atoms with van der Waals surface area (Å²) in [4.78, 5) is 21.2. The molecule has 0 spiro atoms. The van der Waals surface area contributed by atoms with Crippen LogP contribution in [0.5, 0.6) is 11.5 Å². The Morgan fingerprint density at radius 2 is 1.81 bits per heavy atom. The predicted octanol–water partition coefficient (Wildman–Crippen LogP) is 2.89. The lowest BCUT2D eigenvalue weighted by molar-refractivity contribution is 0.102. The van der Waals surface area contributed by atoms with E-state index >= 15 is 0 Å². The number of aromatic nitrogens is 2. The van der Waals surface area contributed by atoms with E-state index < -0.39 is 15.9 Å². The van der Waals surface area contributed by atoms with E-state index in [0.29, 0.717) is 30.2 Å². The number of anilines is 1. The largest absolute Gasteiger partial charge is 0.508 e. The Labute approximate surface area is 185 Å². The molecule has 2 heterocycles. The second-order valence-electron chi connectivity index (χ2n) is 7.28. The standard InChI is InChI=1S/C22H22N4O5S/c1-31-19-8-7-16(12-20(19)32(29,30)26-9-2-3-10-26)22(28)25-17-13-23-21(24-14-17)15-5-4-6-18(27)11-15/h4-8,11-14,27H,2-3,9-10H2,1H3,(H,25,28). The van der Waals surface area contributed by atoms with E-state index in [-0.39, 0.29) is 22.0 Å². The Morgan fingerprint density at radius 3 is 2.47 bits per heavy atom. The van der Waals surface area contributed by atoms with Crippen LogP contribution < -0.4 is 10.1 Å². The first-order valence-corrected chi connectivity index (χ1v) is 11.4. The van der Waals surface area contributed by atoms with Crippen molar-refractivity contribution >= 4 is 21.6 Å². The fraction of sp³-hybridized carbons (Fsp3) is 0.227. The average Bonchev–Trinajstić information content (AvgIpc) is 3.35. The number of ether oxygens (including phenoxy) is 1. The molecule has 1 amide bonds. The number of rotatable bonds is 6. The molecule has 1 aromatic heterocycles.